The lowest BCUT2D eigenvalue weighted by Gasteiger charge is -2.29. The van der Waals surface area contributed by atoms with Gasteiger partial charge in [0.05, 0.1) is 0 Å². The van der Waals surface area contributed by atoms with Crippen molar-refractivity contribution >= 4 is 17.5 Å². The molecular weight excluding hydrogens is 262 g/mol. The van der Waals surface area contributed by atoms with Crippen molar-refractivity contribution in [2.45, 2.75) is 18.9 Å². The molecule has 3 saturated heterocycles. The second-order valence-electron chi connectivity index (χ2n) is 5.04. The van der Waals surface area contributed by atoms with Gasteiger partial charge in [-0.05, 0) is 30.4 Å². The zero-order valence-corrected chi connectivity index (χ0v) is 11.3. The highest BCUT2D eigenvalue weighted by molar-refractivity contribution is 7.03. The number of rotatable bonds is 2. The molecule has 100 valence electrons. The second-order valence-corrected chi connectivity index (χ2v) is 5.71. The third-order valence-electron chi connectivity index (χ3n) is 3.97. The van der Waals surface area contributed by atoms with Gasteiger partial charge in [0.2, 0.25) is 0 Å². The van der Waals surface area contributed by atoms with E-state index in [1.807, 2.05) is 11.4 Å². The summed E-state index contributed by atoms with van der Waals surface area (Å²) in [6.45, 7) is 4.44. The van der Waals surface area contributed by atoms with Crippen molar-refractivity contribution in [2.24, 2.45) is 0 Å². The van der Waals surface area contributed by atoms with Crippen LogP contribution in [0.2, 0.25) is 0 Å². The van der Waals surface area contributed by atoms with Gasteiger partial charge in [-0.2, -0.15) is 4.37 Å². The Bertz CT molecular complexity index is 546. The van der Waals surface area contributed by atoms with Crippen LogP contribution < -0.4 is 4.90 Å². The molecule has 6 nitrogen and oxygen atoms in total. The van der Waals surface area contributed by atoms with Crippen LogP contribution in [0, 0.1) is 0 Å². The fourth-order valence-corrected chi connectivity index (χ4v) is 3.40. The van der Waals surface area contributed by atoms with E-state index in [0.717, 1.165) is 18.8 Å². The Morgan fingerprint density at radius 3 is 2.84 bits per heavy atom. The molecule has 0 radical (unpaired) electrons. The molecule has 2 aromatic rings. The maximum absolute atomic E-state index is 5.80. The molecule has 0 unspecified atom stereocenters. The van der Waals surface area contributed by atoms with E-state index in [4.69, 9.17) is 4.42 Å². The average molecular weight is 277 g/mol. The highest BCUT2D eigenvalue weighted by Gasteiger charge is 2.31. The topological polar surface area (TPSA) is 58.3 Å². The standard InChI is InChI=1S/C12H15N5OS/c1-4-16-5-2-9(1)17(7-6-16)12-14-13-11(18-12)10-3-8-19-15-10/h3,8-9H,1-2,4-7H2. The molecule has 0 saturated carbocycles. The predicted molar refractivity (Wildman–Crippen MR) is 72.2 cm³/mol. The minimum Gasteiger partial charge on any atom is -0.401 e. The second kappa shape index (κ2) is 4.57. The van der Waals surface area contributed by atoms with Crippen LogP contribution in [0.25, 0.3) is 11.6 Å². The van der Waals surface area contributed by atoms with Crippen LogP contribution in [0.15, 0.2) is 15.9 Å². The van der Waals surface area contributed by atoms with E-state index in [0.29, 0.717) is 17.9 Å². The molecule has 2 aromatic heterocycles. The minimum absolute atomic E-state index is 0.523. The first kappa shape index (κ1) is 11.4. The van der Waals surface area contributed by atoms with Gasteiger partial charge in [-0.1, -0.05) is 5.10 Å². The Morgan fingerprint density at radius 2 is 2.05 bits per heavy atom. The molecule has 3 fully saturated rings. The van der Waals surface area contributed by atoms with Crippen LogP contribution in [0.4, 0.5) is 6.01 Å². The van der Waals surface area contributed by atoms with Crippen molar-refractivity contribution in [3.63, 3.8) is 0 Å². The van der Waals surface area contributed by atoms with E-state index in [1.54, 1.807) is 0 Å². The fraction of sp³-hybridized carbons (Fsp3) is 0.583. The first-order chi connectivity index (χ1) is 9.40. The highest BCUT2D eigenvalue weighted by Crippen LogP contribution is 2.28. The van der Waals surface area contributed by atoms with Crippen molar-refractivity contribution in [1.82, 2.24) is 19.5 Å². The van der Waals surface area contributed by atoms with Gasteiger partial charge in [-0.25, -0.2) is 0 Å². The minimum atomic E-state index is 0.523. The molecule has 7 heteroatoms. The van der Waals surface area contributed by atoms with E-state index in [1.165, 1.54) is 37.5 Å². The quantitative estimate of drug-likeness (QED) is 0.828. The zero-order valence-electron chi connectivity index (χ0n) is 10.5. The van der Waals surface area contributed by atoms with Crippen LogP contribution in [0.1, 0.15) is 12.8 Å². The third kappa shape index (κ3) is 2.02. The normalized spacial score (nSPS) is 26.6. The third-order valence-corrected chi connectivity index (χ3v) is 4.53. The fourth-order valence-electron chi connectivity index (χ4n) is 2.90. The molecular formula is C12H15N5OS. The van der Waals surface area contributed by atoms with Gasteiger partial charge in [-0.15, -0.1) is 5.10 Å². The van der Waals surface area contributed by atoms with E-state index < -0.39 is 0 Å². The van der Waals surface area contributed by atoms with Crippen molar-refractivity contribution in [2.75, 3.05) is 31.1 Å². The Morgan fingerprint density at radius 1 is 1.16 bits per heavy atom. The average Bonchev–Trinajstić information content (AvgIpc) is 3.05. The summed E-state index contributed by atoms with van der Waals surface area (Å²) in [4.78, 5) is 4.78. The number of piperidine rings is 1. The van der Waals surface area contributed by atoms with Gasteiger partial charge in [0, 0.05) is 37.6 Å². The summed E-state index contributed by atoms with van der Waals surface area (Å²) in [6, 6.07) is 3.10. The summed E-state index contributed by atoms with van der Waals surface area (Å²) < 4.78 is 10.0. The summed E-state index contributed by atoms with van der Waals surface area (Å²) in [5.74, 6) is 0.523. The van der Waals surface area contributed by atoms with Gasteiger partial charge in [0.15, 0.2) is 0 Å². The first-order valence-corrected chi connectivity index (χ1v) is 7.47. The number of nitrogens with zero attached hydrogens (tertiary/aromatic N) is 5. The summed E-state index contributed by atoms with van der Waals surface area (Å²) in [7, 11) is 0. The maximum Gasteiger partial charge on any atom is 0.318 e. The Balaban J connectivity index is 1.62. The zero-order chi connectivity index (χ0) is 12.7. The van der Waals surface area contributed by atoms with Crippen LogP contribution >= 0.6 is 11.5 Å². The molecule has 0 atom stereocenters. The van der Waals surface area contributed by atoms with E-state index in [-0.39, 0.29) is 0 Å². The summed E-state index contributed by atoms with van der Waals surface area (Å²) in [6.07, 6.45) is 2.38. The largest absolute Gasteiger partial charge is 0.401 e. The Hall–Kier alpha value is -1.47. The van der Waals surface area contributed by atoms with Gasteiger partial charge < -0.3 is 14.2 Å². The molecule has 0 aromatic carbocycles. The van der Waals surface area contributed by atoms with E-state index >= 15 is 0 Å². The van der Waals surface area contributed by atoms with E-state index in [9.17, 15) is 0 Å². The smallest absolute Gasteiger partial charge is 0.318 e. The van der Waals surface area contributed by atoms with Crippen molar-refractivity contribution < 1.29 is 4.42 Å². The van der Waals surface area contributed by atoms with E-state index in [2.05, 4.69) is 24.4 Å². The predicted octanol–water partition coefficient (Wildman–Crippen LogP) is 1.48. The number of hydrogen-bond acceptors (Lipinski definition) is 7. The van der Waals surface area contributed by atoms with Crippen LogP contribution in [-0.4, -0.2) is 51.7 Å². The van der Waals surface area contributed by atoms with Gasteiger partial charge >= 0.3 is 6.01 Å². The van der Waals surface area contributed by atoms with Crippen LogP contribution in [0.5, 0.6) is 0 Å². The number of aromatic nitrogens is 3. The molecule has 5 heterocycles. The molecule has 0 aliphatic carbocycles. The molecule has 19 heavy (non-hydrogen) atoms. The molecule has 2 bridgehead atoms. The van der Waals surface area contributed by atoms with Crippen LogP contribution in [-0.2, 0) is 0 Å². The summed E-state index contributed by atoms with van der Waals surface area (Å²) >= 11 is 1.40. The number of fused-ring (bicyclic) bond motifs is 4. The Kier molecular flexibility index (Phi) is 2.73. The Labute approximate surface area is 115 Å². The molecule has 3 aliphatic heterocycles. The van der Waals surface area contributed by atoms with Crippen molar-refractivity contribution in [1.29, 1.82) is 0 Å². The lowest BCUT2D eigenvalue weighted by molar-refractivity contribution is 0.249. The summed E-state index contributed by atoms with van der Waals surface area (Å²) in [5, 5.41) is 10.2. The maximum atomic E-state index is 5.80. The molecule has 3 aliphatic rings. The lowest BCUT2D eigenvalue weighted by Crippen LogP contribution is -2.38. The van der Waals surface area contributed by atoms with Crippen molar-refractivity contribution in [3.05, 3.63) is 11.4 Å². The highest BCUT2D eigenvalue weighted by atomic mass is 32.1. The number of anilines is 1. The van der Waals surface area contributed by atoms with Gasteiger partial charge in [0.1, 0.15) is 5.69 Å². The molecule has 5 rings (SSSR count). The SMILES string of the molecule is c1cc(-c2nnc(N3CCN4CCC3CC4)o2)ns1. The lowest BCUT2D eigenvalue weighted by atomic mass is 10.1. The summed E-state index contributed by atoms with van der Waals surface area (Å²) in [5.41, 5.74) is 0.770. The molecule has 0 spiro atoms. The molecule has 0 N–H and O–H groups in total. The van der Waals surface area contributed by atoms with Crippen LogP contribution in [0.3, 0.4) is 0 Å². The number of hydrogen-bond donors (Lipinski definition) is 0. The van der Waals surface area contributed by atoms with Gasteiger partial charge in [0.25, 0.3) is 5.89 Å². The van der Waals surface area contributed by atoms with Gasteiger partial charge in [-0.3, -0.25) is 0 Å². The molecule has 0 amide bonds. The van der Waals surface area contributed by atoms with Crippen molar-refractivity contribution in [3.8, 4) is 11.6 Å². The first-order valence-electron chi connectivity index (χ1n) is 6.63. The monoisotopic (exact) mass is 277 g/mol.